The lowest BCUT2D eigenvalue weighted by atomic mass is 10.2. The average Bonchev–Trinajstić information content (AvgIpc) is 2.76. The fraction of sp³-hybridized carbons (Fsp3) is 0.667. The lowest BCUT2D eigenvalue weighted by Gasteiger charge is -2.20. The van der Waals surface area contributed by atoms with Crippen LogP contribution in [0.4, 0.5) is 4.79 Å². The number of hydrogen-bond acceptors (Lipinski definition) is 4. The Hall–Kier alpha value is -1.63. The Morgan fingerprint density at radius 2 is 1.95 bits per heavy atom. The van der Waals surface area contributed by atoms with Crippen molar-refractivity contribution in [1.82, 2.24) is 20.5 Å². The predicted octanol–water partition coefficient (Wildman–Crippen LogP) is 2.04. The molecule has 1 saturated heterocycles. The van der Waals surface area contributed by atoms with Crippen molar-refractivity contribution >= 4 is 23.3 Å². The molecule has 0 bridgehead atoms. The summed E-state index contributed by atoms with van der Waals surface area (Å²) in [4.78, 5) is 30.9. The molecule has 0 aliphatic carbocycles. The minimum absolute atomic E-state index is 0.139. The first kappa shape index (κ1) is 16.7. The van der Waals surface area contributed by atoms with Crippen LogP contribution in [0.3, 0.4) is 0 Å². The average molecular weight is 324 g/mol. The van der Waals surface area contributed by atoms with Gasteiger partial charge in [0.25, 0.3) is 0 Å². The number of urea groups is 1. The van der Waals surface area contributed by atoms with Crippen LogP contribution in [0, 0.1) is 6.92 Å². The maximum absolute atomic E-state index is 12.1. The summed E-state index contributed by atoms with van der Waals surface area (Å²) in [6.45, 7) is 4.49. The molecule has 1 fully saturated rings. The molecular formula is C15H24N4O2S. The summed E-state index contributed by atoms with van der Waals surface area (Å²) in [5.41, 5.74) is 2.71. The summed E-state index contributed by atoms with van der Waals surface area (Å²) < 4.78 is 0. The van der Waals surface area contributed by atoms with E-state index in [1.165, 1.54) is 24.2 Å². The fourth-order valence-corrected chi connectivity index (χ4v) is 3.20. The van der Waals surface area contributed by atoms with Crippen molar-refractivity contribution in [2.45, 2.75) is 45.6 Å². The van der Waals surface area contributed by atoms with Gasteiger partial charge in [-0.25, -0.2) is 9.78 Å². The van der Waals surface area contributed by atoms with Gasteiger partial charge in [-0.15, -0.1) is 11.3 Å². The van der Waals surface area contributed by atoms with Crippen molar-refractivity contribution in [2.24, 2.45) is 0 Å². The van der Waals surface area contributed by atoms with Gasteiger partial charge in [-0.3, -0.25) is 4.79 Å². The highest BCUT2D eigenvalue weighted by Gasteiger charge is 2.15. The normalized spacial score (nSPS) is 15.2. The highest BCUT2D eigenvalue weighted by molar-refractivity contribution is 7.09. The molecule has 1 aliphatic heterocycles. The third-order valence-electron chi connectivity index (χ3n) is 3.84. The Morgan fingerprint density at radius 3 is 2.59 bits per heavy atom. The first-order valence-corrected chi connectivity index (χ1v) is 8.73. The minimum atomic E-state index is -0.239. The van der Waals surface area contributed by atoms with Crippen LogP contribution in [0.5, 0.6) is 0 Å². The number of aryl methyl sites for hydroxylation is 1. The molecule has 0 unspecified atom stereocenters. The number of rotatable bonds is 5. The second kappa shape index (κ2) is 8.73. The number of aromatic nitrogens is 1. The number of nitrogens with one attached hydrogen (secondary N) is 2. The van der Waals surface area contributed by atoms with Gasteiger partial charge in [-0.1, -0.05) is 12.8 Å². The van der Waals surface area contributed by atoms with Crippen molar-refractivity contribution in [2.75, 3.05) is 19.6 Å². The van der Waals surface area contributed by atoms with Gasteiger partial charge in [0.05, 0.1) is 17.7 Å². The van der Waals surface area contributed by atoms with Gasteiger partial charge < -0.3 is 15.5 Å². The van der Waals surface area contributed by atoms with E-state index in [0.29, 0.717) is 19.5 Å². The highest BCUT2D eigenvalue weighted by atomic mass is 32.1. The van der Waals surface area contributed by atoms with E-state index in [1.54, 1.807) is 5.51 Å². The van der Waals surface area contributed by atoms with Crippen LogP contribution in [0.2, 0.25) is 0 Å². The van der Waals surface area contributed by atoms with E-state index in [4.69, 9.17) is 0 Å². The molecule has 3 amide bonds. The summed E-state index contributed by atoms with van der Waals surface area (Å²) in [7, 11) is 0. The van der Waals surface area contributed by atoms with Gasteiger partial charge in [0.15, 0.2) is 0 Å². The Morgan fingerprint density at radius 1 is 1.23 bits per heavy atom. The zero-order chi connectivity index (χ0) is 15.8. The summed E-state index contributed by atoms with van der Waals surface area (Å²) in [6, 6.07) is -0.239. The van der Waals surface area contributed by atoms with Gasteiger partial charge in [-0.05, 0) is 19.8 Å². The second-order valence-corrected chi connectivity index (χ2v) is 6.45. The number of amides is 3. The first-order valence-electron chi connectivity index (χ1n) is 7.85. The molecule has 7 heteroatoms. The lowest BCUT2D eigenvalue weighted by Crippen LogP contribution is -2.38. The van der Waals surface area contributed by atoms with Gasteiger partial charge in [0.2, 0.25) is 5.91 Å². The topological polar surface area (TPSA) is 74.3 Å². The Balaban J connectivity index is 1.62. The standard InChI is InChI=1S/C15H24N4O2S/c1-12-13(22-11-18-12)10-17-15(21)16-7-6-14(20)19-8-4-2-3-5-9-19/h11H,2-10H2,1H3,(H2,16,17,21). The van der Waals surface area contributed by atoms with E-state index in [9.17, 15) is 9.59 Å². The zero-order valence-corrected chi connectivity index (χ0v) is 13.9. The van der Waals surface area contributed by atoms with Crippen molar-refractivity contribution in [1.29, 1.82) is 0 Å². The van der Waals surface area contributed by atoms with Crippen LogP contribution in [0.1, 0.15) is 42.7 Å². The number of hydrogen-bond donors (Lipinski definition) is 2. The smallest absolute Gasteiger partial charge is 0.315 e. The molecule has 1 aromatic rings. The molecule has 2 heterocycles. The molecule has 22 heavy (non-hydrogen) atoms. The largest absolute Gasteiger partial charge is 0.343 e. The number of carbonyl (C=O) groups excluding carboxylic acids is 2. The summed E-state index contributed by atoms with van der Waals surface area (Å²) in [5.74, 6) is 0.139. The van der Waals surface area contributed by atoms with E-state index in [0.717, 1.165) is 36.5 Å². The van der Waals surface area contributed by atoms with Crippen LogP contribution in [-0.2, 0) is 11.3 Å². The minimum Gasteiger partial charge on any atom is -0.343 e. The predicted molar refractivity (Wildman–Crippen MR) is 86.8 cm³/mol. The van der Waals surface area contributed by atoms with E-state index >= 15 is 0 Å². The van der Waals surface area contributed by atoms with E-state index in [-0.39, 0.29) is 11.9 Å². The Bertz CT molecular complexity index is 495. The molecule has 1 aromatic heterocycles. The van der Waals surface area contributed by atoms with Gasteiger partial charge in [0, 0.05) is 30.9 Å². The summed E-state index contributed by atoms with van der Waals surface area (Å²) >= 11 is 1.53. The molecule has 0 aromatic carbocycles. The molecule has 2 N–H and O–H groups in total. The van der Waals surface area contributed by atoms with Crippen LogP contribution in [0.25, 0.3) is 0 Å². The fourth-order valence-electron chi connectivity index (χ4n) is 2.48. The van der Waals surface area contributed by atoms with Crippen LogP contribution in [-0.4, -0.2) is 41.5 Å². The second-order valence-electron chi connectivity index (χ2n) is 5.52. The quantitative estimate of drug-likeness (QED) is 0.870. The summed E-state index contributed by atoms with van der Waals surface area (Å²) in [5, 5.41) is 5.52. The van der Waals surface area contributed by atoms with Crippen molar-refractivity contribution < 1.29 is 9.59 Å². The monoisotopic (exact) mass is 324 g/mol. The van der Waals surface area contributed by atoms with E-state index in [1.807, 2.05) is 11.8 Å². The molecule has 0 saturated carbocycles. The van der Waals surface area contributed by atoms with Crippen LogP contribution in [0.15, 0.2) is 5.51 Å². The van der Waals surface area contributed by atoms with Crippen molar-refractivity contribution in [3.63, 3.8) is 0 Å². The number of thiazole rings is 1. The molecule has 0 spiro atoms. The third kappa shape index (κ3) is 5.29. The molecular weight excluding hydrogens is 300 g/mol. The molecule has 0 atom stereocenters. The van der Waals surface area contributed by atoms with Crippen LogP contribution >= 0.6 is 11.3 Å². The first-order chi connectivity index (χ1) is 10.7. The molecule has 2 rings (SSSR count). The number of carbonyl (C=O) groups is 2. The van der Waals surface area contributed by atoms with Gasteiger partial charge >= 0.3 is 6.03 Å². The number of likely N-dealkylation sites (tertiary alicyclic amines) is 1. The molecule has 6 nitrogen and oxygen atoms in total. The molecule has 1 aliphatic rings. The maximum Gasteiger partial charge on any atom is 0.315 e. The highest BCUT2D eigenvalue weighted by Crippen LogP contribution is 2.11. The SMILES string of the molecule is Cc1ncsc1CNC(=O)NCCC(=O)N1CCCCCC1. The third-order valence-corrected chi connectivity index (χ3v) is 4.77. The van der Waals surface area contributed by atoms with Crippen molar-refractivity contribution in [3.8, 4) is 0 Å². The Labute approximate surface area is 135 Å². The number of nitrogens with zero attached hydrogens (tertiary/aromatic N) is 2. The zero-order valence-electron chi connectivity index (χ0n) is 13.1. The van der Waals surface area contributed by atoms with Gasteiger partial charge in [-0.2, -0.15) is 0 Å². The molecule has 0 radical (unpaired) electrons. The molecule has 122 valence electrons. The van der Waals surface area contributed by atoms with E-state index < -0.39 is 0 Å². The Kier molecular flexibility index (Phi) is 6.64. The maximum atomic E-state index is 12.1. The van der Waals surface area contributed by atoms with Gasteiger partial charge in [0.1, 0.15) is 0 Å². The summed E-state index contributed by atoms with van der Waals surface area (Å²) in [6.07, 6.45) is 4.97. The van der Waals surface area contributed by atoms with Crippen molar-refractivity contribution in [3.05, 3.63) is 16.1 Å². The van der Waals surface area contributed by atoms with E-state index in [2.05, 4.69) is 15.6 Å². The van der Waals surface area contributed by atoms with Crippen LogP contribution < -0.4 is 10.6 Å². The lowest BCUT2D eigenvalue weighted by molar-refractivity contribution is -0.131.